The summed E-state index contributed by atoms with van der Waals surface area (Å²) in [5, 5.41) is 0. The minimum Gasteiger partial charge on any atom is -0.403 e. The molecule has 4 rings (SSSR count). The molecule has 0 saturated heterocycles. The topological polar surface area (TPSA) is 9.23 Å². The second-order valence-electron chi connectivity index (χ2n) is 8.74. The highest BCUT2D eigenvalue weighted by molar-refractivity contribution is 5.74. The van der Waals surface area contributed by atoms with E-state index in [0.717, 1.165) is 42.2 Å². The number of unbranched alkanes of at least 4 members (excludes halogenated alkanes) is 2. The Morgan fingerprint density at radius 2 is 1.08 bits per heavy atom. The molecule has 192 valence electrons. The summed E-state index contributed by atoms with van der Waals surface area (Å²) in [4.78, 5) is 0. The molecule has 0 aromatic heterocycles. The van der Waals surface area contributed by atoms with Crippen LogP contribution in [-0.2, 0) is 6.42 Å². The first-order chi connectivity index (χ1) is 17.6. The van der Waals surface area contributed by atoms with Crippen molar-refractivity contribution in [2.75, 3.05) is 0 Å². The van der Waals surface area contributed by atoms with Gasteiger partial charge in [-0.15, -0.1) is 13.2 Å². The molecule has 0 unspecified atom stereocenters. The summed E-state index contributed by atoms with van der Waals surface area (Å²) in [5.74, 6) is -4.41. The van der Waals surface area contributed by atoms with E-state index in [4.69, 9.17) is 0 Å². The second kappa shape index (κ2) is 11.1. The van der Waals surface area contributed by atoms with Gasteiger partial charge in [-0.1, -0.05) is 74.4 Å². The molecule has 0 atom stereocenters. The summed E-state index contributed by atoms with van der Waals surface area (Å²) in [5.41, 5.74) is 3.32. The Morgan fingerprint density at radius 3 is 1.59 bits per heavy atom. The smallest absolute Gasteiger partial charge is 0.403 e. The van der Waals surface area contributed by atoms with Gasteiger partial charge in [-0.3, -0.25) is 0 Å². The van der Waals surface area contributed by atoms with Crippen molar-refractivity contribution < 1.29 is 31.1 Å². The molecule has 0 radical (unpaired) electrons. The summed E-state index contributed by atoms with van der Waals surface area (Å²) in [6, 6.07) is 20.0. The maximum absolute atomic E-state index is 14.9. The maximum atomic E-state index is 14.9. The quantitative estimate of drug-likeness (QED) is 0.168. The highest BCUT2D eigenvalue weighted by Gasteiger charge is 2.32. The van der Waals surface area contributed by atoms with Gasteiger partial charge in [0, 0.05) is 0 Å². The van der Waals surface area contributed by atoms with Crippen LogP contribution in [0.4, 0.5) is 26.3 Å². The predicted octanol–water partition coefficient (Wildman–Crippen LogP) is 9.74. The zero-order chi connectivity index (χ0) is 26.6. The van der Waals surface area contributed by atoms with Gasteiger partial charge in [0.15, 0.2) is 11.6 Å². The molecular formula is C30H24F6O. The largest absolute Gasteiger partial charge is 0.573 e. The lowest BCUT2D eigenvalue weighted by atomic mass is 9.96. The lowest BCUT2D eigenvalue weighted by molar-refractivity contribution is -0.275. The van der Waals surface area contributed by atoms with E-state index >= 15 is 0 Å². The van der Waals surface area contributed by atoms with E-state index in [0.29, 0.717) is 17.7 Å². The Morgan fingerprint density at radius 1 is 0.595 bits per heavy atom. The van der Waals surface area contributed by atoms with Gasteiger partial charge in [-0.25, -0.2) is 13.2 Å². The zero-order valence-electron chi connectivity index (χ0n) is 20.0. The second-order valence-corrected chi connectivity index (χ2v) is 8.74. The average molecular weight is 515 g/mol. The molecule has 4 aromatic rings. The van der Waals surface area contributed by atoms with Crippen LogP contribution in [0, 0.1) is 17.5 Å². The Balaban J connectivity index is 1.54. The molecule has 0 saturated carbocycles. The molecule has 0 aliphatic rings. The molecule has 0 fully saturated rings. The molecule has 1 nitrogen and oxygen atoms in total. The summed E-state index contributed by atoms with van der Waals surface area (Å²) in [6.45, 7) is 2.17. The fraction of sp³-hybridized carbons (Fsp3) is 0.200. The van der Waals surface area contributed by atoms with Crippen LogP contribution in [-0.4, -0.2) is 6.36 Å². The van der Waals surface area contributed by atoms with Crippen molar-refractivity contribution in [3.8, 4) is 39.1 Å². The van der Waals surface area contributed by atoms with Crippen molar-refractivity contribution >= 4 is 0 Å². The van der Waals surface area contributed by atoms with E-state index in [2.05, 4.69) is 35.9 Å². The Bertz CT molecular complexity index is 1340. The van der Waals surface area contributed by atoms with Crippen molar-refractivity contribution in [1.29, 1.82) is 0 Å². The van der Waals surface area contributed by atoms with Gasteiger partial charge in [0.25, 0.3) is 0 Å². The number of alkyl halides is 3. The minimum absolute atomic E-state index is 0.248. The van der Waals surface area contributed by atoms with Gasteiger partial charge in [0.05, 0.1) is 5.56 Å². The van der Waals surface area contributed by atoms with Crippen molar-refractivity contribution in [3.63, 3.8) is 0 Å². The highest BCUT2D eigenvalue weighted by atomic mass is 19.4. The molecule has 0 bridgehead atoms. The molecule has 0 heterocycles. The van der Waals surface area contributed by atoms with E-state index in [9.17, 15) is 26.3 Å². The van der Waals surface area contributed by atoms with E-state index in [-0.39, 0.29) is 11.1 Å². The standard InChI is InChI=1S/C30H24F6O/c1-2-3-4-5-19-6-8-20(9-7-19)21-10-12-22(13-11-21)24-17-26(32)29(27(33)18-24)23-14-15-28(25(31)16-23)37-30(34,35)36/h6-18H,2-5H2,1H3. The minimum atomic E-state index is -5.09. The predicted molar refractivity (Wildman–Crippen MR) is 133 cm³/mol. The van der Waals surface area contributed by atoms with Gasteiger partial charge >= 0.3 is 6.36 Å². The lowest BCUT2D eigenvalue weighted by Gasteiger charge is -2.12. The number of rotatable bonds is 8. The van der Waals surface area contributed by atoms with Crippen LogP contribution in [0.25, 0.3) is 33.4 Å². The zero-order valence-corrected chi connectivity index (χ0v) is 20.0. The van der Waals surface area contributed by atoms with Gasteiger partial charge in [-0.05, 0) is 70.5 Å². The Labute approximate surface area is 211 Å². The first kappa shape index (κ1) is 26.3. The lowest BCUT2D eigenvalue weighted by Crippen LogP contribution is -2.17. The number of ether oxygens (including phenoxy) is 1. The average Bonchev–Trinajstić information content (AvgIpc) is 2.85. The highest BCUT2D eigenvalue weighted by Crippen LogP contribution is 2.35. The molecule has 0 amide bonds. The third kappa shape index (κ3) is 6.53. The monoisotopic (exact) mass is 514 g/mol. The number of aryl methyl sites for hydroxylation is 1. The first-order valence-corrected chi connectivity index (χ1v) is 11.9. The normalized spacial score (nSPS) is 11.5. The first-order valence-electron chi connectivity index (χ1n) is 11.9. The van der Waals surface area contributed by atoms with Crippen LogP contribution in [0.1, 0.15) is 31.7 Å². The fourth-order valence-electron chi connectivity index (χ4n) is 4.18. The summed E-state index contributed by atoms with van der Waals surface area (Å²) in [6.07, 6.45) is -0.520. The third-order valence-corrected chi connectivity index (χ3v) is 6.06. The van der Waals surface area contributed by atoms with Gasteiger partial charge in [0.1, 0.15) is 11.6 Å². The van der Waals surface area contributed by atoms with E-state index < -0.39 is 35.1 Å². The maximum Gasteiger partial charge on any atom is 0.573 e. The van der Waals surface area contributed by atoms with Crippen LogP contribution in [0.2, 0.25) is 0 Å². The molecule has 0 spiro atoms. The van der Waals surface area contributed by atoms with E-state index in [1.165, 1.54) is 18.4 Å². The third-order valence-electron chi connectivity index (χ3n) is 6.06. The van der Waals surface area contributed by atoms with Crippen LogP contribution in [0.3, 0.4) is 0 Å². The van der Waals surface area contributed by atoms with Crippen molar-refractivity contribution in [2.45, 2.75) is 39.0 Å². The molecule has 37 heavy (non-hydrogen) atoms. The van der Waals surface area contributed by atoms with Gasteiger partial charge in [0.2, 0.25) is 0 Å². The summed E-state index contributed by atoms with van der Waals surface area (Å²) >= 11 is 0. The number of hydrogen-bond donors (Lipinski definition) is 0. The Hall–Kier alpha value is -3.74. The Kier molecular flexibility index (Phi) is 7.91. The van der Waals surface area contributed by atoms with Crippen LogP contribution < -0.4 is 4.74 Å². The summed E-state index contributed by atoms with van der Waals surface area (Å²) < 4.78 is 84.5. The molecule has 0 aliphatic carbocycles. The molecule has 0 N–H and O–H groups in total. The van der Waals surface area contributed by atoms with Gasteiger partial charge in [-0.2, -0.15) is 0 Å². The molecular weight excluding hydrogens is 490 g/mol. The number of halogens is 6. The van der Waals surface area contributed by atoms with Crippen molar-refractivity contribution in [2.24, 2.45) is 0 Å². The van der Waals surface area contributed by atoms with Crippen molar-refractivity contribution in [1.82, 2.24) is 0 Å². The molecule has 7 heteroatoms. The number of hydrogen-bond acceptors (Lipinski definition) is 1. The fourth-order valence-corrected chi connectivity index (χ4v) is 4.18. The molecule has 0 aliphatic heterocycles. The molecule has 4 aromatic carbocycles. The van der Waals surface area contributed by atoms with E-state index in [1.807, 2.05) is 12.1 Å². The van der Waals surface area contributed by atoms with Crippen molar-refractivity contribution in [3.05, 3.63) is 102 Å². The SMILES string of the molecule is CCCCCc1ccc(-c2ccc(-c3cc(F)c(-c4ccc(OC(F)(F)F)c(F)c4)c(F)c3)cc2)cc1. The van der Waals surface area contributed by atoms with Gasteiger partial charge < -0.3 is 4.74 Å². The van der Waals surface area contributed by atoms with Crippen LogP contribution in [0.5, 0.6) is 5.75 Å². The summed E-state index contributed by atoms with van der Waals surface area (Å²) in [7, 11) is 0. The van der Waals surface area contributed by atoms with E-state index in [1.54, 1.807) is 12.1 Å². The van der Waals surface area contributed by atoms with Crippen LogP contribution in [0.15, 0.2) is 78.9 Å². The van der Waals surface area contributed by atoms with Crippen LogP contribution >= 0.6 is 0 Å². The number of benzene rings is 4.